The molecular formula is C17H16N2O3S. The first-order valence-electron chi connectivity index (χ1n) is 7.15. The summed E-state index contributed by atoms with van der Waals surface area (Å²) >= 11 is 0. The molecule has 0 saturated carbocycles. The molecule has 1 aliphatic rings. The first kappa shape index (κ1) is 15.3. The normalized spacial score (nSPS) is 13.7. The number of allylic oxidation sites excluding steroid dienone is 4. The molecule has 0 aliphatic heterocycles. The van der Waals surface area contributed by atoms with Crippen LogP contribution in [0.1, 0.15) is 12.0 Å². The average Bonchev–Trinajstić information content (AvgIpc) is 3.10. The van der Waals surface area contributed by atoms with E-state index in [2.05, 4.69) is 9.71 Å². The van der Waals surface area contributed by atoms with E-state index < -0.39 is 10.0 Å². The van der Waals surface area contributed by atoms with Gasteiger partial charge in [0.05, 0.1) is 4.91 Å². The summed E-state index contributed by atoms with van der Waals surface area (Å²) in [6.45, 7) is 0.339. The van der Waals surface area contributed by atoms with Crippen LogP contribution in [0.5, 0.6) is 5.75 Å². The van der Waals surface area contributed by atoms with Crippen molar-refractivity contribution >= 4 is 15.8 Å². The van der Waals surface area contributed by atoms with Gasteiger partial charge >= 0.3 is 0 Å². The molecule has 1 aliphatic carbocycles. The van der Waals surface area contributed by atoms with Gasteiger partial charge in [-0.05, 0) is 23.8 Å². The van der Waals surface area contributed by atoms with Crippen molar-refractivity contribution in [3.63, 3.8) is 0 Å². The minimum Gasteiger partial charge on any atom is -0.485 e. The number of hydrogen-bond donors (Lipinski definition) is 1. The van der Waals surface area contributed by atoms with Crippen molar-refractivity contribution in [1.82, 2.24) is 4.98 Å². The van der Waals surface area contributed by atoms with Crippen molar-refractivity contribution in [2.45, 2.75) is 13.0 Å². The van der Waals surface area contributed by atoms with Gasteiger partial charge in [0, 0.05) is 12.6 Å². The Morgan fingerprint density at radius 1 is 1.13 bits per heavy atom. The molecule has 23 heavy (non-hydrogen) atoms. The molecule has 0 fully saturated rings. The second-order valence-electron chi connectivity index (χ2n) is 5.00. The van der Waals surface area contributed by atoms with E-state index in [0.717, 1.165) is 5.56 Å². The van der Waals surface area contributed by atoms with Crippen LogP contribution in [0.15, 0.2) is 71.8 Å². The summed E-state index contributed by atoms with van der Waals surface area (Å²) in [5, 5.41) is 0. The smallest absolute Gasteiger partial charge is 0.259 e. The second kappa shape index (κ2) is 6.66. The molecule has 0 radical (unpaired) electrons. The molecule has 0 saturated heterocycles. The molecule has 0 atom stereocenters. The summed E-state index contributed by atoms with van der Waals surface area (Å²) < 4.78 is 32.8. The maximum atomic E-state index is 12.3. The first-order valence-corrected chi connectivity index (χ1v) is 8.64. The van der Waals surface area contributed by atoms with Gasteiger partial charge in [0.25, 0.3) is 10.0 Å². The fraction of sp³-hybridized carbons (Fsp3) is 0.118. The average molecular weight is 328 g/mol. The van der Waals surface area contributed by atoms with Crippen LogP contribution in [0, 0.1) is 0 Å². The number of anilines is 1. The van der Waals surface area contributed by atoms with Crippen LogP contribution in [0.2, 0.25) is 0 Å². The summed E-state index contributed by atoms with van der Waals surface area (Å²) in [6.07, 6.45) is 7.01. The predicted molar refractivity (Wildman–Crippen MR) is 89.4 cm³/mol. The Kier molecular flexibility index (Phi) is 4.43. The number of sulfonamides is 1. The highest BCUT2D eigenvalue weighted by Crippen LogP contribution is 2.26. The summed E-state index contributed by atoms with van der Waals surface area (Å²) in [5.41, 5.74) is 0.993. The maximum absolute atomic E-state index is 12.3. The third kappa shape index (κ3) is 3.78. The minimum atomic E-state index is -3.61. The lowest BCUT2D eigenvalue weighted by Crippen LogP contribution is -2.16. The first-order chi connectivity index (χ1) is 11.1. The zero-order chi connectivity index (χ0) is 16.1. The van der Waals surface area contributed by atoms with Crippen LogP contribution in [0.3, 0.4) is 0 Å². The molecule has 1 aromatic heterocycles. The summed E-state index contributed by atoms with van der Waals surface area (Å²) in [4.78, 5) is 4.40. The van der Waals surface area contributed by atoms with Gasteiger partial charge in [-0.3, -0.25) is 4.72 Å². The number of hydrogen-bond acceptors (Lipinski definition) is 4. The number of aromatic nitrogens is 1. The quantitative estimate of drug-likeness (QED) is 0.884. The Labute approximate surface area is 135 Å². The lowest BCUT2D eigenvalue weighted by Gasteiger charge is -2.13. The van der Waals surface area contributed by atoms with Gasteiger partial charge in [-0.15, -0.1) is 0 Å². The number of ether oxygens (including phenoxy) is 1. The standard InChI is InChI=1S/C17H16N2O3S/c20-23(21,15-9-4-5-10-15)19-17-16(11-6-12-18-17)22-13-14-7-2-1-3-8-14/h1-9,11-12H,10,13H2,(H,18,19). The third-order valence-electron chi connectivity index (χ3n) is 3.32. The van der Waals surface area contributed by atoms with Gasteiger partial charge in [0.15, 0.2) is 11.6 Å². The van der Waals surface area contributed by atoms with Crippen LogP contribution in [-0.4, -0.2) is 13.4 Å². The van der Waals surface area contributed by atoms with Gasteiger partial charge in [0.1, 0.15) is 6.61 Å². The zero-order valence-corrected chi connectivity index (χ0v) is 13.2. The van der Waals surface area contributed by atoms with Gasteiger partial charge in [-0.1, -0.05) is 42.5 Å². The molecule has 118 valence electrons. The fourth-order valence-corrected chi connectivity index (χ4v) is 3.25. The van der Waals surface area contributed by atoms with Gasteiger partial charge in [-0.25, -0.2) is 13.4 Å². The van der Waals surface area contributed by atoms with Crippen LogP contribution in [-0.2, 0) is 16.6 Å². The SMILES string of the molecule is O=S(=O)(Nc1ncccc1OCc1ccccc1)C1=CC=CC1. The Morgan fingerprint density at radius 3 is 2.70 bits per heavy atom. The summed E-state index contributed by atoms with van der Waals surface area (Å²) in [5.74, 6) is 0.586. The van der Waals surface area contributed by atoms with E-state index in [1.54, 1.807) is 30.4 Å². The van der Waals surface area contributed by atoms with E-state index in [4.69, 9.17) is 4.74 Å². The molecule has 1 N–H and O–H groups in total. The van der Waals surface area contributed by atoms with Gasteiger partial charge in [0.2, 0.25) is 0 Å². The molecule has 3 rings (SSSR count). The molecule has 2 aromatic rings. The van der Waals surface area contributed by atoms with E-state index in [9.17, 15) is 8.42 Å². The minimum absolute atomic E-state index is 0.191. The summed E-state index contributed by atoms with van der Waals surface area (Å²) in [7, 11) is -3.61. The fourth-order valence-electron chi connectivity index (χ4n) is 2.14. The van der Waals surface area contributed by atoms with Crippen molar-refractivity contribution in [1.29, 1.82) is 0 Å². The van der Waals surface area contributed by atoms with E-state index in [1.165, 1.54) is 6.20 Å². The second-order valence-corrected chi connectivity index (χ2v) is 6.73. The van der Waals surface area contributed by atoms with E-state index in [-0.39, 0.29) is 5.82 Å². The van der Waals surface area contributed by atoms with Crippen molar-refractivity contribution in [3.8, 4) is 5.75 Å². The molecule has 0 unspecified atom stereocenters. The number of benzene rings is 1. The van der Waals surface area contributed by atoms with Gasteiger partial charge < -0.3 is 4.74 Å². The largest absolute Gasteiger partial charge is 0.485 e. The number of nitrogens with one attached hydrogen (secondary N) is 1. The molecule has 1 aromatic carbocycles. The number of pyridine rings is 1. The molecule has 0 amide bonds. The zero-order valence-electron chi connectivity index (χ0n) is 12.3. The lowest BCUT2D eigenvalue weighted by molar-refractivity contribution is 0.307. The maximum Gasteiger partial charge on any atom is 0.259 e. The number of nitrogens with zero attached hydrogens (tertiary/aromatic N) is 1. The highest BCUT2D eigenvalue weighted by atomic mass is 32.2. The molecule has 1 heterocycles. The summed E-state index contributed by atoms with van der Waals surface area (Å²) in [6, 6.07) is 13.0. The Morgan fingerprint density at radius 2 is 1.96 bits per heavy atom. The van der Waals surface area contributed by atoms with Crippen molar-refractivity contribution < 1.29 is 13.2 Å². The van der Waals surface area contributed by atoms with E-state index in [0.29, 0.717) is 23.7 Å². The van der Waals surface area contributed by atoms with Gasteiger partial charge in [-0.2, -0.15) is 0 Å². The Balaban J connectivity index is 1.75. The molecule has 5 nitrogen and oxygen atoms in total. The monoisotopic (exact) mass is 328 g/mol. The molecule has 6 heteroatoms. The van der Waals surface area contributed by atoms with Crippen molar-refractivity contribution in [2.75, 3.05) is 4.72 Å². The van der Waals surface area contributed by atoms with Crippen LogP contribution in [0.25, 0.3) is 0 Å². The highest BCUT2D eigenvalue weighted by Gasteiger charge is 2.20. The van der Waals surface area contributed by atoms with Crippen molar-refractivity contribution in [2.24, 2.45) is 0 Å². The topological polar surface area (TPSA) is 68.3 Å². The van der Waals surface area contributed by atoms with Crippen LogP contribution in [0.4, 0.5) is 5.82 Å². The van der Waals surface area contributed by atoms with E-state index >= 15 is 0 Å². The number of rotatable bonds is 6. The van der Waals surface area contributed by atoms with Crippen LogP contribution < -0.4 is 9.46 Å². The highest BCUT2D eigenvalue weighted by molar-refractivity contribution is 7.96. The van der Waals surface area contributed by atoms with Crippen molar-refractivity contribution in [3.05, 3.63) is 77.4 Å². The lowest BCUT2D eigenvalue weighted by atomic mass is 10.2. The van der Waals surface area contributed by atoms with Crippen LogP contribution >= 0.6 is 0 Å². The van der Waals surface area contributed by atoms with E-state index in [1.807, 2.05) is 30.3 Å². The molecule has 0 spiro atoms. The molecular weight excluding hydrogens is 312 g/mol. The third-order valence-corrected chi connectivity index (χ3v) is 4.78. The predicted octanol–water partition coefficient (Wildman–Crippen LogP) is 3.25. The Bertz CT molecular complexity index is 843. The Hall–Kier alpha value is -2.60. The molecule has 0 bridgehead atoms.